The topological polar surface area (TPSA) is 68.5 Å². The first-order valence-corrected chi connectivity index (χ1v) is 9.23. The van der Waals surface area contributed by atoms with Crippen molar-refractivity contribution in [1.82, 2.24) is 14.6 Å². The number of nitrogens with one attached hydrogen (secondary N) is 1. The van der Waals surface area contributed by atoms with E-state index in [1.807, 2.05) is 0 Å². The molecule has 25 heavy (non-hydrogen) atoms. The van der Waals surface area contributed by atoms with Crippen LogP contribution in [0.5, 0.6) is 0 Å². The Morgan fingerprint density at radius 1 is 1.36 bits per heavy atom. The SMILES string of the molecule is COC(=O)c1cnn2c(N[C@@H](C)C(C)C)c(C3CCCC3)c(Cl)nc12. The van der Waals surface area contributed by atoms with Gasteiger partial charge in [-0.15, -0.1) is 0 Å². The first-order valence-electron chi connectivity index (χ1n) is 8.86. The Balaban J connectivity index is 2.19. The molecule has 136 valence electrons. The summed E-state index contributed by atoms with van der Waals surface area (Å²) in [6.07, 6.45) is 6.09. The first kappa shape index (κ1) is 18.0. The molecule has 2 aromatic heterocycles. The summed E-state index contributed by atoms with van der Waals surface area (Å²) in [5.74, 6) is 1.19. The molecule has 0 unspecified atom stereocenters. The van der Waals surface area contributed by atoms with Crippen LogP contribution in [0.4, 0.5) is 5.82 Å². The quantitative estimate of drug-likeness (QED) is 0.633. The second kappa shape index (κ2) is 7.20. The number of ether oxygens (including phenoxy) is 1. The van der Waals surface area contributed by atoms with E-state index in [-0.39, 0.29) is 6.04 Å². The van der Waals surface area contributed by atoms with Crippen molar-refractivity contribution in [2.75, 3.05) is 12.4 Å². The number of hydrogen-bond acceptors (Lipinski definition) is 5. The minimum Gasteiger partial charge on any atom is -0.465 e. The maximum absolute atomic E-state index is 12.0. The van der Waals surface area contributed by atoms with Crippen molar-refractivity contribution in [1.29, 1.82) is 0 Å². The van der Waals surface area contributed by atoms with Crippen molar-refractivity contribution < 1.29 is 9.53 Å². The lowest BCUT2D eigenvalue weighted by Crippen LogP contribution is -2.25. The summed E-state index contributed by atoms with van der Waals surface area (Å²) in [6, 6.07) is 0.229. The Morgan fingerprint density at radius 3 is 2.64 bits per heavy atom. The molecule has 1 aliphatic carbocycles. The van der Waals surface area contributed by atoms with Gasteiger partial charge in [-0.1, -0.05) is 38.3 Å². The average molecular weight is 365 g/mol. The van der Waals surface area contributed by atoms with Crippen LogP contribution in [0.25, 0.3) is 5.65 Å². The summed E-state index contributed by atoms with van der Waals surface area (Å²) in [4.78, 5) is 16.5. The summed E-state index contributed by atoms with van der Waals surface area (Å²) in [7, 11) is 1.35. The normalized spacial score (nSPS) is 16.6. The van der Waals surface area contributed by atoms with Gasteiger partial charge in [0.2, 0.25) is 0 Å². The van der Waals surface area contributed by atoms with Crippen LogP contribution in [0.3, 0.4) is 0 Å². The van der Waals surface area contributed by atoms with E-state index in [0.29, 0.717) is 28.2 Å². The van der Waals surface area contributed by atoms with Gasteiger partial charge in [0.05, 0.1) is 13.3 Å². The highest BCUT2D eigenvalue weighted by Gasteiger charge is 2.28. The molecule has 2 aromatic rings. The summed E-state index contributed by atoms with van der Waals surface area (Å²) < 4.78 is 6.54. The Hall–Kier alpha value is -1.82. The molecule has 1 saturated carbocycles. The lowest BCUT2D eigenvalue weighted by molar-refractivity contribution is 0.0602. The predicted molar refractivity (Wildman–Crippen MR) is 98.5 cm³/mol. The highest BCUT2D eigenvalue weighted by Crippen LogP contribution is 2.41. The molecule has 1 atom stereocenters. The summed E-state index contributed by atoms with van der Waals surface area (Å²) in [5, 5.41) is 8.42. The lowest BCUT2D eigenvalue weighted by Gasteiger charge is -2.24. The van der Waals surface area contributed by atoms with Crippen LogP contribution in [0.15, 0.2) is 6.20 Å². The van der Waals surface area contributed by atoms with Gasteiger partial charge in [0, 0.05) is 11.6 Å². The van der Waals surface area contributed by atoms with Crippen LogP contribution < -0.4 is 5.32 Å². The van der Waals surface area contributed by atoms with Crippen molar-refractivity contribution in [3.63, 3.8) is 0 Å². The van der Waals surface area contributed by atoms with Gasteiger partial charge in [0.25, 0.3) is 0 Å². The zero-order chi connectivity index (χ0) is 18.1. The van der Waals surface area contributed by atoms with E-state index in [0.717, 1.165) is 24.2 Å². The monoisotopic (exact) mass is 364 g/mol. The van der Waals surface area contributed by atoms with E-state index in [1.54, 1.807) is 4.52 Å². The summed E-state index contributed by atoms with van der Waals surface area (Å²) in [6.45, 7) is 6.46. The number of carbonyl (C=O) groups excluding carboxylic acids is 1. The number of aromatic nitrogens is 3. The molecule has 0 aromatic carbocycles. The number of methoxy groups -OCH3 is 1. The standard InChI is InChI=1S/C18H25ClN4O2/c1-10(2)11(3)21-17-14(12-7-5-6-8-12)15(19)22-16-13(18(24)25-4)9-20-23(16)17/h9-12,21H,5-8H2,1-4H3/t11-/m0/s1. The van der Waals surface area contributed by atoms with E-state index >= 15 is 0 Å². The third-order valence-electron chi connectivity index (χ3n) is 5.17. The molecule has 0 saturated heterocycles. The molecular formula is C18H25ClN4O2. The number of nitrogens with zero attached hydrogens (tertiary/aromatic N) is 3. The van der Waals surface area contributed by atoms with Crippen LogP contribution in [0, 0.1) is 5.92 Å². The second-order valence-electron chi connectivity index (χ2n) is 7.11. The van der Waals surface area contributed by atoms with Crippen molar-refractivity contribution in [3.05, 3.63) is 22.5 Å². The van der Waals surface area contributed by atoms with E-state index in [1.165, 1.54) is 26.1 Å². The third-order valence-corrected chi connectivity index (χ3v) is 5.46. The molecule has 1 aliphatic rings. The fourth-order valence-corrected chi connectivity index (χ4v) is 3.65. The third kappa shape index (κ3) is 3.32. The summed E-state index contributed by atoms with van der Waals surface area (Å²) >= 11 is 6.58. The maximum Gasteiger partial charge on any atom is 0.343 e. The molecule has 0 spiro atoms. The van der Waals surface area contributed by atoms with Crippen molar-refractivity contribution >= 4 is 29.0 Å². The zero-order valence-electron chi connectivity index (χ0n) is 15.2. The Kier molecular flexibility index (Phi) is 5.18. The number of anilines is 1. The van der Waals surface area contributed by atoms with Crippen LogP contribution in [-0.4, -0.2) is 33.7 Å². The number of carbonyl (C=O) groups is 1. The predicted octanol–water partition coefficient (Wildman–Crippen LogP) is 4.28. The zero-order valence-corrected chi connectivity index (χ0v) is 15.9. The van der Waals surface area contributed by atoms with Crippen molar-refractivity contribution in [2.45, 2.75) is 58.4 Å². The van der Waals surface area contributed by atoms with E-state index in [9.17, 15) is 4.79 Å². The van der Waals surface area contributed by atoms with Gasteiger partial charge < -0.3 is 10.1 Å². The molecule has 0 amide bonds. The second-order valence-corrected chi connectivity index (χ2v) is 7.47. The Labute approximate surface area is 152 Å². The van der Waals surface area contributed by atoms with E-state index < -0.39 is 5.97 Å². The molecule has 0 aliphatic heterocycles. The molecule has 2 heterocycles. The van der Waals surface area contributed by atoms with Crippen molar-refractivity contribution in [3.8, 4) is 0 Å². The molecule has 1 fully saturated rings. The molecule has 7 heteroatoms. The molecular weight excluding hydrogens is 340 g/mol. The van der Waals surface area contributed by atoms with E-state index in [2.05, 4.69) is 36.2 Å². The molecule has 0 radical (unpaired) electrons. The van der Waals surface area contributed by atoms with Crippen LogP contribution in [-0.2, 0) is 4.74 Å². The van der Waals surface area contributed by atoms with Gasteiger partial charge in [-0.3, -0.25) is 0 Å². The Morgan fingerprint density at radius 2 is 2.04 bits per heavy atom. The van der Waals surface area contributed by atoms with Crippen LogP contribution in [0.1, 0.15) is 68.3 Å². The maximum atomic E-state index is 12.0. The largest absolute Gasteiger partial charge is 0.465 e. The van der Waals surface area contributed by atoms with Crippen LogP contribution in [0.2, 0.25) is 5.15 Å². The summed E-state index contributed by atoms with van der Waals surface area (Å²) in [5.41, 5.74) is 1.76. The van der Waals surface area contributed by atoms with Crippen molar-refractivity contribution in [2.24, 2.45) is 5.92 Å². The van der Waals surface area contributed by atoms with E-state index in [4.69, 9.17) is 16.3 Å². The fraction of sp³-hybridized carbons (Fsp3) is 0.611. The lowest BCUT2D eigenvalue weighted by atomic mass is 9.98. The van der Waals surface area contributed by atoms with Gasteiger partial charge in [0.15, 0.2) is 5.65 Å². The molecule has 3 rings (SSSR count). The highest BCUT2D eigenvalue weighted by atomic mass is 35.5. The average Bonchev–Trinajstić information content (AvgIpc) is 3.23. The number of hydrogen-bond donors (Lipinski definition) is 1. The smallest absolute Gasteiger partial charge is 0.343 e. The van der Waals surface area contributed by atoms with Crippen LogP contribution >= 0.6 is 11.6 Å². The number of esters is 1. The first-order chi connectivity index (χ1) is 11.9. The van der Waals surface area contributed by atoms with Gasteiger partial charge in [-0.05, 0) is 31.6 Å². The molecule has 0 bridgehead atoms. The van der Waals surface area contributed by atoms with Gasteiger partial charge in [-0.2, -0.15) is 9.61 Å². The van der Waals surface area contributed by atoms with Gasteiger partial charge in [-0.25, -0.2) is 9.78 Å². The molecule has 6 nitrogen and oxygen atoms in total. The van der Waals surface area contributed by atoms with Gasteiger partial charge >= 0.3 is 5.97 Å². The van der Waals surface area contributed by atoms with Gasteiger partial charge in [0.1, 0.15) is 16.5 Å². The minimum atomic E-state index is -0.463. The highest BCUT2D eigenvalue weighted by molar-refractivity contribution is 6.30. The number of fused-ring (bicyclic) bond motifs is 1. The fourth-order valence-electron chi connectivity index (χ4n) is 3.33. The Bertz CT molecular complexity index is 781. The molecule has 1 N–H and O–H groups in total. The minimum absolute atomic E-state index is 0.229. The number of halogens is 1. The number of rotatable bonds is 5.